The number of carbonyl (C=O) groups excluding carboxylic acids is 1. The summed E-state index contributed by atoms with van der Waals surface area (Å²) in [5.74, 6) is 0.659. The van der Waals surface area contributed by atoms with Gasteiger partial charge in [-0.2, -0.15) is 0 Å². The second kappa shape index (κ2) is 5.34. The van der Waals surface area contributed by atoms with Gasteiger partial charge in [0, 0.05) is 30.7 Å². The number of carbonyl (C=O) groups is 1. The van der Waals surface area contributed by atoms with Gasteiger partial charge in [-0.25, -0.2) is 14.3 Å². The summed E-state index contributed by atoms with van der Waals surface area (Å²) in [6.45, 7) is 9.31. The molecule has 0 bridgehead atoms. The van der Waals surface area contributed by atoms with Gasteiger partial charge in [-0.05, 0) is 52.2 Å². The van der Waals surface area contributed by atoms with Crippen molar-refractivity contribution in [3.8, 4) is 0 Å². The molecule has 7 heteroatoms. The molecule has 25 heavy (non-hydrogen) atoms. The van der Waals surface area contributed by atoms with Gasteiger partial charge in [0.25, 0.3) is 0 Å². The van der Waals surface area contributed by atoms with Gasteiger partial charge in [0.2, 0.25) is 5.95 Å². The van der Waals surface area contributed by atoms with Gasteiger partial charge in [-0.3, -0.25) is 0 Å². The first-order valence-corrected chi connectivity index (χ1v) is 8.79. The average molecular weight is 343 g/mol. The maximum atomic E-state index is 12.0. The topological polar surface area (TPSA) is 71.8 Å². The number of fused-ring (bicyclic) bond motifs is 1. The Hall–Kier alpha value is -2.31. The zero-order valence-corrected chi connectivity index (χ0v) is 15.2. The van der Waals surface area contributed by atoms with Crippen LogP contribution in [0.3, 0.4) is 0 Å². The molecule has 134 valence electrons. The van der Waals surface area contributed by atoms with Gasteiger partial charge in [-0.1, -0.05) is 0 Å². The van der Waals surface area contributed by atoms with Crippen molar-refractivity contribution in [2.75, 3.05) is 18.4 Å². The Morgan fingerprint density at radius 2 is 2.08 bits per heavy atom. The fraction of sp³-hybridized carbons (Fsp3) is 0.611. The standard InChI is InChI=1S/C18H25N5O2/c1-12-5-6-23-14(12)9-19-15(21-23)20-13-7-18(8-13)10-22(11-18)16(24)25-17(2,3)4/h5-6,9,13H,7-8,10-11H2,1-4H3,(H,20,21). The van der Waals surface area contributed by atoms with Crippen molar-refractivity contribution in [3.63, 3.8) is 0 Å². The Morgan fingerprint density at radius 3 is 2.76 bits per heavy atom. The molecule has 0 unspecified atom stereocenters. The monoisotopic (exact) mass is 343 g/mol. The molecule has 2 aromatic heterocycles. The lowest BCUT2D eigenvalue weighted by atomic mass is 9.61. The number of hydrogen-bond donors (Lipinski definition) is 1. The minimum atomic E-state index is -0.434. The first kappa shape index (κ1) is 16.2. The third-order valence-corrected chi connectivity index (χ3v) is 5.02. The first-order valence-electron chi connectivity index (χ1n) is 8.79. The minimum absolute atomic E-state index is 0.203. The maximum Gasteiger partial charge on any atom is 0.410 e. The van der Waals surface area contributed by atoms with E-state index in [9.17, 15) is 4.79 Å². The molecule has 1 aliphatic carbocycles. The van der Waals surface area contributed by atoms with E-state index in [1.54, 1.807) is 4.90 Å². The maximum absolute atomic E-state index is 12.0. The van der Waals surface area contributed by atoms with Crippen LogP contribution in [-0.2, 0) is 4.74 Å². The van der Waals surface area contributed by atoms with E-state index in [0.29, 0.717) is 12.0 Å². The molecule has 1 saturated heterocycles. The molecule has 0 radical (unpaired) electrons. The van der Waals surface area contributed by atoms with E-state index in [1.165, 1.54) is 5.56 Å². The fourth-order valence-corrected chi connectivity index (χ4v) is 3.84. The number of ether oxygens (including phenoxy) is 1. The highest BCUT2D eigenvalue weighted by molar-refractivity contribution is 5.69. The SMILES string of the molecule is Cc1ccn2nc(NC3CC4(C3)CN(C(=O)OC(C)(C)C)C4)ncc12. The van der Waals surface area contributed by atoms with Crippen molar-refractivity contribution >= 4 is 17.6 Å². The predicted octanol–water partition coefficient (Wildman–Crippen LogP) is 2.85. The number of aryl methyl sites for hydroxylation is 1. The van der Waals surface area contributed by atoms with Crippen LogP contribution < -0.4 is 5.32 Å². The fourth-order valence-electron chi connectivity index (χ4n) is 3.84. The van der Waals surface area contributed by atoms with E-state index >= 15 is 0 Å². The zero-order valence-electron chi connectivity index (χ0n) is 15.2. The van der Waals surface area contributed by atoms with E-state index < -0.39 is 5.60 Å². The van der Waals surface area contributed by atoms with Crippen LogP contribution in [0.4, 0.5) is 10.7 Å². The van der Waals surface area contributed by atoms with Crippen molar-refractivity contribution in [2.24, 2.45) is 5.41 Å². The van der Waals surface area contributed by atoms with Crippen LogP contribution in [0.1, 0.15) is 39.2 Å². The number of amides is 1. The molecule has 2 aliphatic rings. The molecular weight excluding hydrogens is 318 g/mol. The van der Waals surface area contributed by atoms with E-state index in [4.69, 9.17) is 4.74 Å². The Bertz CT molecular complexity index is 808. The zero-order chi connectivity index (χ0) is 17.8. The molecule has 7 nitrogen and oxygen atoms in total. The number of nitrogens with zero attached hydrogens (tertiary/aromatic N) is 4. The summed E-state index contributed by atoms with van der Waals surface area (Å²) in [5.41, 5.74) is 2.02. The predicted molar refractivity (Wildman–Crippen MR) is 94.6 cm³/mol. The smallest absolute Gasteiger partial charge is 0.410 e. The normalized spacial score (nSPS) is 19.6. The van der Waals surface area contributed by atoms with Crippen molar-refractivity contribution in [2.45, 2.75) is 52.2 Å². The number of rotatable bonds is 2. The van der Waals surface area contributed by atoms with Crippen LogP contribution in [0.25, 0.3) is 5.52 Å². The van der Waals surface area contributed by atoms with Crippen LogP contribution in [0.5, 0.6) is 0 Å². The van der Waals surface area contributed by atoms with Crippen LogP contribution in [0.15, 0.2) is 18.5 Å². The van der Waals surface area contributed by atoms with Gasteiger partial charge in [-0.15, -0.1) is 5.10 Å². The number of likely N-dealkylation sites (tertiary alicyclic amines) is 1. The Kier molecular flexibility index (Phi) is 3.46. The van der Waals surface area contributed by atoms with E-state index in [0.717, 1.165) is 31.4 Å². The summed E-state index contributed by atoms with van der Waals surface area (Å²) in [5, 5.41) is 7.91. The molecule has 0 atom stereocenters. The third-order valence-electron chi connectivity index (χ3n) is 5.02. The minimum Gasteiger partial charge on any atom is -0.444 e. The Labute approximate surface area is 147 Å². The quantitative estimate of drug-likeness (QED) is 0.908. The highest BCUT2D eigenvalue weighted by Gasteiger charge is 2.54. The van der Waals surface area contributed by atoms with Crippen LogP contribution in [0, 0.1) is 12.3 Å². The number of aromatic nitrogens is 3. The van der Waals surface area contributed by atoms with Crippen LogP contribution in [-0.4, -0.2) is 50.3 Å². The molecular formula is C18H25N5O2. The molecule has 1 saturated carbocycles. The first-order chi connectivity index (χ1) is 11.7. The van der Waals surface area contributed by atoms with E-state index in [1.807, 2.05) is 43.7 Å². The van der Waals surface area contributed by atoms with Crippen molar-refractivity contribution in [3.05, 3.63) is 24.0 Å². The van der Waals surface area contributed by atoms with Gasteiger partial charge in [0.05, 0.1) is 11.7 Å². The van der Waals surface area contributed by atoms with Gasteiger partial charge < -0.3 is 15.0 Å². The molecule has 0 aromatic carbocycles. The summed E-state index contributed by atoms with van der Waals surface area (Å²) in [4.78, 5) is 18.2. The van der Waals surface area contributed by atoms with E-state index in [-0.39, 0.29) is 11.5 Å². The molecule has 1 aliphatic heterocycles. The molecule has 4 rings (SSSR count). The second-order valence-electron chi connectivity index (χ2n) is 8.50. The highest BCUT2D eigenvalue weighted by atomic mass is 16.6. The molecule has 1 N–H and O–H groups in total. The molecule has 3 heterocycles. The lowest BCUT2D eigenvalue weighted by molar-refractivity contribution is -0.0739. The van der Waals surface area contributed by atoms with Gasteiger partial charge in [0.15, 0.2) is 0 Å². The molecule has 1 spiro atoms. The van der Waals surface area contributed by atoms with Crippen LogP contribution >= 0.6 is 0 Å². The number of anilines is 1. The van der Waals surface area contributed by atoms with Crippen molar-refractivity contribution < 1.29 is 9.53 Å². The van der Waals surface area contributed by atoms with Gasteiger partial charge in [0.1, 0.15) is 5.60 Å². The van der Waals surface area contributed by atoms with Crippen molar-refractivity contribution in [1.29, 1.82) is 0 Å². The largest absolute Gasteiger partial charge is 0.444 e. The Morgan fingerprint density at radius 1 is 1.36 bits per heavy atom. The van der Waals surface area contributed by atoms with E-state index in [2.05, 4.69) is 22.3 Å². The molecule has 1 amide bonds. The van der Waals surface area contributed by atoms with Gasteiger partial charge >= 0.3 is 6.09 Å². The summed E-state index contributed by atoms with van der Waals surface area (Å²) in [7, 11) is 0. The van der Waals surface area contributed by atoms with Crippen molar-refractivity contribution in [1.82, 2.24) is 19.5 Å². The second-order valence-corrected chi connectivity index (χ2v) is 8.50. The lowest BCUT2D eigenvalue weighted by Crippen LogP contribution is -2.66. The summed E-state index contributed by atoms with van der Waals surface area (Å²) >= 11 is 0. The average Bonchev–Trinajstić information content (AvgIpc) is 2.79. The summed E-state index contributed by atoms with van der Waals surface area (Å²) < 4.78 is 7.27. The number of hydrogen-bond acceptors (Lipinski definition) is 5. The highest BCUT2D eigenvalue weighted by Crippen LogP contribution is 2.49. The molecule has 2 fully saturated rings. The Balaban J connectivity index is 1.29. The summed E-state index contributed by atoms with van der Waals surface area (Å²) in [6.07, 6.45) is 5.68. The lowest BCUT2D eigenvalue weighted by Gasteiger charge is -2.58. The number of nitrogens with one attached hydrogen (secondary N) is 1. The van der Waals surface area contributed by atoms with Crippen LogP contribution in [0.2, 0.25) is 0 Å². The third kappa shape index (κ3) is 3.03. The molecule has 2 aromatic rings. The summed E-state index contributed by atoms with van der Waals surface area (Å²) in [6, 6.07) is 2.40.